The zero-order chi connectivity index (χ0) is 17.0. The molecule has 0 aliphatic heterocycles. The maximum absolute atomic E-state index is 14.1. The number of benzene rings is 2. The molecule has 0 fully saturated rings. The Morgan fingerprint density at radius 3 is 2.71 bits per heavy atom. The molecule has 2 N–H and O–H groups in total. The number of nitriles is 1. The van der Waals surface area contributed by atoms with Crippen LogP contribution in [0.1, 0.15) is 17.0 Å². The number of hydrogen-bond acceptors (Lipinski definition) is 2. The summed E-state index contributed by atoms with van der Waals surface area (Å²) in [6, 6.07) is 7.89. The molecule has 0 radical (unpaired) electrons. The summed E-state index contributed by atoms with van der Waals surface area (Å²) in [5, 5.41) is 19.5. The van der Waals surface area contributed by atoms with E-state index >= 15 is 0 Å². The van der Waals surface area contributed by atoms with Crippen molar-refractivity contribution in [1.82, 2.24) is 4.98 Å². The summed E-state index contributed by atoms with van der Waals surface area (Å²) in [6.07, 6.45) is -1.16. The largest absolute Gasteiger partial charge is 0.377 e. The zero-order valence-corrected chi connectivity index (χ0v) is 12.3. The summed E-state index contributed by atoms with van der Waals surface area (Å²) >= 11 is 0. The van der Waals surface area contributed by atoms with Crippen molar-refractivity contribution in [3.8, 4) is 17.3 Å². The fourth-order valence-electron chi connectivity index (χ4n) is 3.51. The molecular formula is C18H11F3N2O. The van der Waals surface area contributed by atoms with Gasteiger partial charge in [-0.15, -0.1) is 0 Å². The van der Waals surface area contributed by atoms with E-state index < -0.39 is 29.5 Å². The predicted molar refractivity (Wildman–Crippen MR) is 81.7 cm³/mol. The van der Waals surface area contributed by atoms with Crippen LogP contribution in [0, 0.1) is 28.8 Å². The van der Waals surface area contributed by atoms with Crippen molar-refractivity contribution in [3.63, 3.8) is 0 Å². The average Bonchev–Trinajstić information content (AvgIpc) is 2.93. The Kier molecular flexibility index (Phi) is 3.15. The number of H-pyrrole nitrogens is 1. The lowest BCUT2D eigenvalue weighted by Crippen LogP contribution is -2.22. The number of nitrogens with zero attached hydrogens (tertiary/aromatic N) is 1. The maximum atomic E-state index is 14.1. The second-order valence-electron chi connectivity index (χ2n) is 5.91. The van der Waals surface area contributed by atoms with E-state index in [9.17, 15) is 18.3 Å². The van der Waals surface area contributed by atoms with Gasteiger partial charge in [-0.05, 0) is 41.8 Å². The van der Waals surface area contributed by atoms with E-state index in [-0.39, 0.29) is 17.3 Å². The number of rotatable bonds is 1. The molecule has 24 heavy (non-hydrogen) atoms. The minimum atomic E-state index is -1.37. The van der Waals surface area contributed by atoms with Crippen molar-refractivity contribution in [2.75, 3.05) is 0 Å². The van der Waals surface area contributed by atoms with E-state index in [0.29, 0.717) is 22.4 Å². The summed E-state index contributed by atoms with van der Waals surface area (Å²) < 4.78 is 41.4. The summed E-state index contributed by atoms with van der Waals surface area (Å²) in [5.74, 6) is -2.63. The first-order chi connectivity index (χ1) is 11.5. The molecule has 1 aromatic heterocycles. The summed E-state index contributed by atoms with van der Waals surface area (Å²) in [6.45, 7) is 0. The van der Waals surface area contributed by atoms with E-state index in [1.54, 1.807) is 12.1 Å². The van der Waals surface area contributed by atoms with Gasteiger partial charge in [0.1, 0.15) is 23.6 Å². The van der Waals surface area contributed by atoms with Crippen LogP contribution in [0.4, 0.5) is 13.2 Å². The second kappa shape index (κ2) is 5.11. The monoisotopic (exact) mass is 328 g/mol. The molecule has 2 unspecified atom stereocenters. The fourth-order valence-corrected chi connectivity index (χ4v) is 3.51. The maximum Gasteiger partial charge on any atom is 0.150 e. The Hall–Kier alpha value is -2.78. The minimum Gasteiger partial charge on any atom is -0.377 e. The van der Waals surface area contributed by atoms with Crippen LogP contribution in [0.25, 0.3) is 22.2 Å². The highest BCUT2D eigenvalue weighted by Gasteiger charge is 2.34. The van der Waals surface area contributed by atoms with E-state index in [0.717, 1.165) is 6.07 Å². The molecule has 3 aromatic rings. The first kappa shape index (κ1) is 14.8. The van der Waals surface area contributed by atoms with Crippen LogP contribution in [0.5, 0.6) is 0 Å². The lowest BCUT2D eigenvalue weighted by atomic mass is 9.78. The number of halogens is 3. The average molecular weight is 328 g/mol. The third kappa shape index (κ3) is 2.02. The van der Waals surface area contributed by atoms with Crippen molar-refractivity contribution in [1.29, 1.82) is 5.26 Å². The Labute approximate surface area is 135 Å². The molecule has 0 bridgehead atoms. The molecule has 0 saturated carbocycles. The molecule has 3 nitrogen and oxygen atoms in total. The lowest BCUT2D eigenvalue weighted by molar-refractivity contribution is 0.196. The molecule has 2 atom stereocenters. The molecule has 0 saturated heterocycles. The van der Waals surface area contributed by atoms with Crippen molar-refractivity contribution in [2.24, 2.45) is 0 Å². The van der Waals surface area contributed by atoms with Crippen LogP contribution in [0.3, 0.4) is 0 Å². The normalized spacial score (nSPS) is 17.2. The van der Waals surface area contributed by atoms with Crippen LogP contribution >= 0.6 is 0 Å². The van der Waals surface area contributed by atoms with Gasteiger partial charge in [0.2, 0.25) is 0 Å². The molecule has 1 aliphatic rings. The van der Waals surface area contributed by atoms with Crippen molar-refractivity contribution in [2.45, 2.75) is 18.4 Å². The SMILES string of the molecule is N#CC(O)C1Cc2cc(F)ccc2-c2[nH]c3c(F)cc(F)cc3c21. The zero-order valence-electron chi connectivity index (χ0n) is 12.3. The molecule has 120 valence electrons. The highest BCUT2D eigenvalue weighted by atomic mass is 19.1. The smallest absolute Gasteiger partial charge is 0.150 e. The van der Waals surface area contributed by atoms with Crippen LogP contribution < -0.4 is 0 Å². The van der Waals surface area contributed by atoms with Gasteiger partial charge >= 0.3 is 0 Å². The van der Waals surface area contributed by atoms with Gasteiger partial charge in [0.15, 0.2) is 0 Å². The van der Waals surface area contributed by atoms with Crippen LogP contribution in [-0.4, -0.2) is 16.2 Å². The summed E-state index contributed by atoms with van der Waals surface area (Å²) in [5.41, 5.74) is 2.33. The number of hydrogen-bond donors (Lipinski definition) is 2. The molecule has 4 rings (SSSR count). The third-order valence-corrected chi connectivity index (χ3v) is 4.53. The van der Waals surface area contributed by atoms with Crippen LogP contribution in [0.2, 0.25) is 0 Å². The quantitative estimate of drug-likeness (QED) is 0.668. The highest BCUT2D eigenvalue weighted by molar-refractivity contribution is 5.93. The topological polar surface area (TPSA) is 59.8 Å². The molecule has 6 heteroatoms. The number of aromatic amines is 1. The Morgan fingerprint density at radius 2 is 1.96 bits per heavy atom. The molecule has 0 amide bonds. The van der Waals surface area contributed by atoms with E-state index in [1.807, 2.05) is 0 Å². The minimum absolute atomic E-state index is 0.105. The third-order valence-electron chi connectivity index (χ3n) is 4.53. The van der Waals surface area contributed by atoms with Crippen molar-refractivity contribution < 1.29 is 18.3 Å². The Morgan fingerprint density at radius 1 is 1.17 bits per heavy atom. The van der Waals surface area contributed by atoms with Gasteiger partial charge in [0.25, 0.3) is 0 Å². The van der Waals surface area contributed by atoms with Gasteiger partial charge < -0.3 is 10.1 Å². The van der Waals surface area contributed by atoms with E-state index in [2.05, 4.69) is 4.98 Å². The number of fused-ring (bicyclic) bond motifs is 5. The standard InChI is InChI=1S/C18H11F3N2O/c19-9-1-2-11-8(3-9)4-12(15(24)7-22)16-13-5-10(20)6-14(21)17(13)23-18(11)16/h1-3,5-6,12,15,23-24H,4H2. The van der Waals surface area contributed by atoms with Gasteiger partial charge in [-0.25, -0.2) is 13.2 Å². The molecule has 2 aromatic carbocycles. The van der Waals surface area contributed by atoms with Gasteiger partial charge in [-0.3, -0.25) is 0 Å². The van der Waals surface area contributed by atoms with E-state index in [1.165, 1.54) is 18.2 Å². The number of nitrogens with one attached hydrogen (secondary N) is 1. The number of aliphatic hydroxyl groups is 1. The van der Waals surface area contributed by atoms with E-state index in [4.69, 9.17) is 5.26 Å². The summed E-state index contributed by atoms with van der Waals surface area (Å²) in [7, 11) is 0. The van der Waals surface area contributed by atoms with Crippen molar-refractivity contribution >= 4 is 10.9 Å². The number of aromatic nitrogens is 1. The van der Waals surface area contributed by atoms with Gasteiger partial charge in [0, 0.05) is 22.9 Å². The Bertz CT molecular complexity index is 1020. The molecule has 1 aliphatic carbocycles. The van der Waals surface area contributed by atoms with Crippen LogP contribution in [0.15, 0.2) is 30.3 Å². The number of aliphatic hydroxyl groups excluding tert-OH is 1. The van der Waals surface area contributed by atoms with Gasteiger partial charge in [-0.2, -0.15) is 5.26 Å². The molecule has 0 spiro atoms. The molecule has 1 heterocycles. The summed E-state index contributed by atoms with van der Waals surface area (Å²) in [4.78, 5) is 2.91. The first-order valence-corrected chi connectivity index (χ1v) is 7.36. The van der Waals surface area contributed by atoms with Gasteiger partial charge in [0.05, 0.1) is 17.3 Å². The molecular weight excluding hydrogens is 317 g/mol. The predicted octanol–water partition coefficient (Wildman–Crippen LogP) is 3.78. The van der Waals surface area contributed by atoms with Crippen molar-refractivity contribution in [3.05, 3.63) is 58.9 Å². The van der Waals surface area contributed by atoms with Crippen LogP contribution in [-0.2, 0) is 6.42 Å². The highest BCUT2D eigenvalue weighted by Crippen LogP contribution is 2.45. The second-order valence-corrected chi connectivity index (χ2v) is 5.91. The fraction of sp³-hybridized carbons (Fsp3) is 0.167. The lowest BCUT2D eigenvalue weighted by Gasteiger charge is -2.26. The first-order valence-electron chi connectivity index (χ1n) is 7.36. The Balaban J connectivity index is 2.09. The van der Waals surface area contributed by atoms with Gasteiger partial charge in [-0.1, -0.05) is 0 Å².